The van der Waals surface area contributed by atoms with Crippen molar-refractivity contribution in [3.05, 3.63) is 35.1 Å². The first-order chi connectivity index (χ1) is 14.5. The standard InChI is InChI=1S/C22H28N4O3S/c1-7-13(3)19-21(30-18(8-2)26-19)15-9-10-23-22(25-15)24-14-11-16(27-4)20(29-6)17(12-14)28-5/h9-13H,7-8H2,1-6H3,(H,23,24,25). The highest BCUT2D eigenvalue weighted by atomic mass is 32.1. The number of rotatable bonds is 9. The zero-order valence-corrected chi connectivity index (χ0v) is 19.1. The summed E-state index contributed by atoms with van der Waals surface area (Å²) in [5, 5.41) is 4.37. The van der Waals surface area contributed by atoms with Crippen molar-refractivity contribution in [2.24, 2.45) is 0 Å². The second-order valence-corrected chi connectivity index (χ2v) is 7.87. The molecule has 3 rings (SSSR count). The van der Waals surface area contributed by atoms with Gasteiger partial charge in [0.15, 0.2) is 11.5 Å². The summed E-state index contributed by atoms with van der Waals surface area (Å²) in [6.45, 7) is 6.51. The Bertz CT molecular complexity index is 981. The van der Waals surface area contributed by atoms with Gasteiger partial charge in [-0.2, -0.15) is 0 Å². The van der Waals surface area contributed by atoms with E-state index in [0.29, 0.717) is 29.1 Å². The first-order valence-electron chi connectivity index (χ1n) is 9.94. The number of hydrogen-bond acceptors (Lipinski definition) is 8. The molecule has 30 heavy (non-hydrogen) atoms. The lowest BCUT2D eigenvalue weighted by Gasteiger charge is -2.15. The van der Waals surface area contributed by atoms with Gasteiger partial charge in [-0.25, -0.2) is 15.0 Å². The number of methoxy groups -OCH3 is 3. The van der Waals surface area contributed by atoms with Crippen molar-refractivity contribution in [3.8, 4) is 27.8 Å². The second-order valence-electron chi connectivity index (χ2n) is 6.79. The Hall–Kier alpha value is -2.87. The maximum Gasteiger partial charge on any atom is 0.227 e. The van der Waals surface area contributed by atoms with Gasteiger partial charge in [-0.1, -0.05) is 20.8 Å². The van der Waals surface area contributed by atoms with Crippen LogP contribution in [0.3, 0.4) is 0 Å². The second kappa shape index (κ2) is 9.75. The van der Waals surface area contributed by atoms with Crippen molar-refractivity contribution >= 4 is 23.0 Å². The molecule has 0 bridgehead atoms. The first kappa shape index (κ1) is 21.8. The van der Waals surface area contributed by atoms with Crippen LogP contribution in [0.1, 0.15) is 43.8 Å². The fraction of sp³-hybridized carbons (Fsp3) is 0.409. The van der Waals surface area contributed by atoms with Crippen molar-refractivity contribution in [1.29, 1.82) is 0 Å². The molecule has 0 aliphatic heterocycles. The van der Waals surface area contributed by atoms with Crippen LogP contribution in [0.15, 0.2) is 24.4 Å². The minimum Gasteiger partial charge on any atom is -0.493 e. The van der Waals surface area contributed by atoms with Crippen molar-refractivity contribution in [1.82, 2.24) is 15.0 Å². The smallest absolute Gasteiger partial charge is 0.227 e. The predicted octanol–water partition coefficient (Wildman–Crippen LogP) is 5.45. The summed E-state index contributed by atoms with van der Waals surface area (Å²) in [7, 11) is 4.75. The first-order valence-corrected chi connectivity index (χ1v) is 10.8. The summed E-state index contributed by atoms with van der Waals surface area (Å²) in [6, 6.07) is 5.58. The highest BCUT2D eigenvalue weighted by Gasteiger charge is 2.19. The number of nitrogens with zero attached hydrogens (tertiary/aromatic N) is 3. The molecule has 2 aromatic heterocycles. The van der Waals surface area contributed by atoms with Gasteiger partial charge >= 0.3 is 0 Å². The number of ether oxygens (including phenoxy) is 3. The normalized spacial score (nSPS) is 11.8. The van der Waals surface area contributed by atoms with Crippen LogP contribution in [0, 0.1) is 0 Å². The average molecular weight is 429 g/mol. The Labute approximate surface area is 181 Å². The largest absolute Gasteiger partial charge is 0.493 e. The van der Waals surface area contributed by atoms with Gasteiger partial charge in [0.2, 0.25) is 11.7 Å². The summed E-state index contributed by atoms with van der Waals surface area (Å²) in [5.74, 6) is 2.52. The quantitative estimate of drug-likeness (QED) is 0.486. The van der Waals surface area contributed by atoms with Gasteiger partial charge in [0.25, 0.3) is 0 Å². The number of hydrogen-bond donors (Lipinski definition) is 1. The lowest BCUT2D eigenvalue weighted by atomic mass is 10.0. The summed E-state index contributed by atoms with van der Waals surface area (Å²) in [6.07, 6.45) is 3.70. The van der Waals surface area contributed by atoms with Gasteiger partial charge in [-0.3, -0.25) is 0 Å². The Morgan fingerprint density at radius 3 is 2.30 bits per heavy atom. The van der Waals surface area contributed by atoms with Crippen molar-refractivity contribution in [3.63, 3.8) is 0 Å². The summed E-state index contributed by atoms with van der Waals surface area (Å²) >= 11 is 1.70. The van der Waals surface area contributed by atoms with Crippen LogP contribution in [-0.2, 0) is 6.42 Å². The number of anilines is 2. The van der Waals surface area contributed by atoms with Gasteiger partial charge in [-0.15, -0.1) is 11.3 Å². The average Bonchev–Trinajstić information content (AvgIpc) is 3.22. The molecular formula is C22H28N4O3S. The molecule has 3 aromatic rings. The summed E-state index contributed by atoms with van der Waals surface area (Å²) in [5.41, 5.74) is 2.71. The molecule has 0 saturated heterocycles. The van der Waals surface area contributed by atoms with E-state index in [1.807, 2.05) is 18.2 Å². The van der Waals surface area contributed by atoms with E-state index in [-0.39, 0.29) is 0 Å². The lowest BCUT2D eigenvalue weighted by molar-refractivity contribution is 0.324. The van der Waals surface area contributed by atoms with Crippen LogP contribution in [-0.4, -0.2) is 36.3 Å². The zero-order valence-electron chi connectivity index (χ0n) is 18.3. The topological polar surface area (TPSA) is 78.4 Å². The van der Waals surface area contributed by atoms with Crippen molar-refractivity contribution in [2.75, 3.05) is 26.6 Å². The monoisotopic (exact) mass is 428 g/mol. The number of thiazole rings is 1. The molecule has 2 heterocycles. The Morgan fingerprint density at radius 1 is 1.03 bits per heavy atom. The molecule has 1 aromatic carbocycles. The van der Waals surface area contributed by atoms with Crippen LogP contribution in [0.5, 0.6) is 17.2 Å². The fourth-order valence-corrected chi connectivity index (χ4v) is 4.16. The maximum atomic E-state index is 5.43. The molecule has 7 nitrogen and oxygen atoms in total. The molecule has 160 valence electrons. The predicted molar refractivity (Wildman–Crippen MR) is 121 cm³/mol. The molecular weight excluding hydrogens is 400 g/mol. The van der Waals surface area contributed by atoms with Crippen LogP contribution in [0.2, 0.25) is 0 Å². The van der Waals surface area contributed by atoms with Crippen LogP contribution in [0.25, 0.3) is 10.6 Å². The molecule has 0 amide bonds. The van der Waals surface area contributed by atoms with E-state index in [1.165, 1.54) is 0 Å². The molecule has 0 spiro atoms. The van der Waals surface area contributed by atoms with Gasteiger partial charge < -0.3 is 19.5 Å². The Balaban J connectivity index is 1.97. The van der Waals surface area contributed by atoms with Gasteiger partial charge in [0.1, 0.15) is 0 Å². The van der Waals surface area contributed by atoms with E-state index in [0.717, 1.165) is 39.8 Å². The van der Waals surface area contributed by atoms with Crippen LogP contribution >= 0.6 is 11.3 Å². The van der Waals surface area contributed by atoms with Crippen molar-refractivity contribution in [2.45, 2.75) is 39.5 Å². The molecule has 0 saturated carbocycles. The minimum atomic E-state index is 0.373. The zero-order chi connectivity index (χ0) is 21.7. The third-order valence-electron chi connectivity index (χ3n) is 4.89. The molecule has 1 unspecified atom stereocenters. The highest BCUT2D eigenvalue weighted by molar-refractivity contribution is 7.15. The number of benzene rings is 1. The lowest BCUT2D eigenvalue weighted by Crippen LogP contribution is -2.01. The van der Waals surface area contributed by atoms with E-state index in [4.69, 9.17) is 24.2 Å². The number of aromatic nitrogens is 3. The summed E-state index contributed by atoms with van der Waals surface area (Å²) in [4.78, 5) is 15.1. The Kier molecular flexibility index (Phi) is 7.10. The van der Waals surface area contributed by atoms with E-state index >= 15 is 0 Å². The van der Waals surface area contributed by atoms with Crippen LogP contribution in [0.4, 0.5) is 11.6 Å². The van der Waals surface area contributed by atoms with E-state index < -0.39 is 0 Å². The van der Waals surface area contributed by atoms with Gasteiger partial charge in [-0.05, 0) is 24.8 Å². The molecule has 0 radical (unpaired) electrons. The third-order valence-corrected chi connectivity index (χ3v) is 6.13. The molecule has 0 aliphatic rings. The number of aryl methyl sites for hydroxylation is 1. The SMILES string of the molecule is CCc1nc(C(C)CC)c(-c2ccnc(Nc3cc(OC)c(OC)c(OC)c3)n2)s1. The van der Waals surface area contributed by atoms with Gasteiger partial charge in [0, 0.05) is 24.0 Å². The molecule has 0 aliphatic carbocycles. The Morgan fingerprint density at radius 2 is 1.73 bits per heavy atom. The molecule has 1 N–H and O–H groups in total. The highest BCUT2D eigenvalue weighted by Crippen LogP contribution is 2.40. The van der Waals surface area contributed by atoms with E-state index in [9.17, 15) is 0 Å². The minimum absolute atomic E-state index is 0.373. The number of nitrogens with one attached hydrogen (secondary N) is 1. The van der Waals surface area contributed by atoms with E-state index in [2.05, 4.69) is 31.1 Å². The van der Waals surface area contributed by atoms with Crippen molar-refractivity contribution < 1.29 is 14.2 Å². The third kappa shape index (κ3) is 4.48. The molecule has 1 atom stereocenters. The fourth-order valence-electron chi connectivity index (χ4n) is 3.07. The van der Waals surface area contributed by atoms with Crippen LogP contribution < -0.4 is 19.5 Å². The summed E-state index contributed by atoms with van der Waals surface area (Å²) < 4.78 is 16.2. The molecule has 8 heteroatoms. The van der Waals surface area contributed by atoms with E-state index in [1.54, 1.807) is 38.9 Å². The maximum absolute atomic E-state index is 5.43. The molecule has 0 fully saturated rings. The van der Waals surface area contributed by atoms with Gasteiger partial charge in [0.05, 0.1) is 42.6 Å².